The summed E-state index contributed by atoms with van der Waals surface area (Å²) >= 11 is 7.01. The number of rotatable bonds is 2. The molecule has 0 fully saturated rings. The van der Waals surface area contributed by atoms with Crippen LogP contribution in [0.25, 0.3) is 22.6 Å². The van der Waals surface area contributed by atoms with Crippen molar-refractivity contribution in [1.29, 1.82) is 0 Å². The van der Waals surface area contributed by atoms with Gasteiger partial charge in [0.1, 0.15) is 5.52 Å². The lowest BCUT2D eigenvalue weighted by atomic mass is 10.2. The molecule has 0 saturated carbocycles. The van der Waals surface area contributed by atoms with E-state index in [0.717, 1.165) is 22.2 Å². The van der Waals surface area contributed by atoms with Crippen molar-refractivity contribution in [1.82, 2.24) is 4.98 Å². The number of hydrogen-bond donors (Lipinski definition) is 0. The van der Waals surface area contributed by atoms with Crippen molar-refractivity contribution in [3.05, 3.63) is 54.1 Å². The van der Waals surface area contributed by atoms with E-state index in [1.54, 1.807) is 0 Å². The first kappa shape index (κ1) is 11.9. The van der Waals surface area contributed by atoms with Crippen molar-refractivity contribution in [2.45, 2.75) is 3.74 Å². The zero-order valence-corrected chi connectivity index (χ0v) is 12.5. The lowest BCUT2D eigenvalue weighted by Gasteiger charge is -2.00. The number of alkyl halides is 2. The van der Waals surface area contributed by atoms with Crippen LogP contribution in [0.3, 0.4) is 0 Å². The third-order valence-electron chi connectivity index (χ3n) is 2.71. The van der Waals surface area contributed by atoms with Gasteiger partial charge in [-0.05, 0) is 18.2 Å². The van der Waals surface area contributed by atoms with Crippen molar-refractivity contribution < 1.29 is 4.42 Å². The minimum absolute atomic E-state index is 0.0717. The van der Waals surface area contributed by atoms with Gasteiger partial charge in [0.25, 0.3) is 0 Å². The van der Waals surface area contributed by atoms with Gasteiger partial charge in [-0.25, -0.2) is 4.98 Å². The summed E-state index contributed by atoms with van der Waals surface area (Å²) in [4.78, 5) is 4.58. The fraction of sp³-hybridized carbons (Fsp3) is 0.0714. The highest BCUT2D eigenvalue weighted by molar-refractivity contribution is 9.24. The minimum Gasteiger partial charge on any atom is -0.436 e. The zero-order valence-electron chi connectivity index (χ0n) is 9.31. The van der Waals surface area contributed by atoms with Crippen molar-refractivity contribution >= 4 is 43.0 Å². The normalized spacial score (nSPS) is 11.3. The summed E-state index contributed by atoms with van der Waals surface area (Å²) in [6.45, 7) is 0. The molecule has 0 aliphatic heterocycles. The first-order valence-corrected chi connectivity index (χ1v) is 7.32. The molecular weight excluding hydrogens is 358 g/mol. The number of oxazole rings is 1. The van der Waals surface area contributed by atoms with Gasteiger partial charge >= 0.3 is 0 Å². The molecular formula is C14H9Br2NO. The molecule has 18 heavy (non-hydrogen) atoms. The van der Waals surface area contributed by atoms with Gasteiger partial charge in [-0.3, -0.25) is 0 Å². The number of nitrogens with zero attached hydrogens (tertiary/aromatic N) is 1. The van der Waals surface area contributed by atoms with Crippen LogP contribution in [0, 0.1) is 0 Å². The standard InChI is InChI=1S/C14H9Br2NO/c15-13(16)10-7-4-8-11-12(10)17-14(18-11)9-5-2-1-3-6-9/h1-8,13H. The number of fused-ring (bicyclic) bond motifs is 1. The Morgan fingerprint density at radius 2 is 1.72 bits per heavy atom. The topological polar surface area (TPSA) is 26.0 Å². The Bertz CT molecular complexity index is 677. The summed E-state index contributed by atoms with van der Waals surface area (Å²) in [7, 11) is 0. The number of hydrogen-bond acceptors (Lipinski definition) is 2. The van der Waals surface area contributed by atoms with Crippen LogP contribution in [0.1, 0.15) is 9.30 Å². The molecule has 0 saturated heterocycles. The maximum atomic E-state index is 5.79. The molecule has 0 unspecified atom stereocenters. The van der Waals surface area contributed by atoms with E-state index in [4.69, 9.17) is 4.42 Å². The van der Waals surface area contributed by atoms with Crippen molar-refractivity contribution in [2.75, 3.05) is 0 Å². The van der Waals surface area contributed by atoms with Crippen molar-refractivity contribution in [3.8, 4) is 11.5 Å². The second-order valence-electron chi connectivity index (χ2n) is 3.88. The van der Waals surface area contributed by atoms with Crippen LogP contribution in [0.5, 0.6) is 0 Å². The molecule has 3 aromatic rings. The van der Waals surface area contributed by atoms with E-state index >= 15 is 0 Å². The molecule has 0 atom stereocenters. The highest BCUT2D eigenvalue weighted by Crippen LogP contribution is 2.35. The predicted molar refractivity (Wildman–Crippen MR) is 80.0 cm³/mol. The third-order valence-corrected chi connectivity index (χ3v) is 3.69. The molecule has 0 spiro atoms. The van der Waals surface area contributed by atoms with Crippen LogP contribution in [0.4, 0.5) is 0 Å². The Morgan fingerprint density at radius 3 is 2.44 bits per heavy atom. The minimum atomic E-state index is 0.0717. The van der Waals surface area contributed by atoms with Gasteiger partial charge < -0.3 is 4.42 Å². The van der Waals surface area contributed by atoms with Crippen LogP contribution in [0.2, 0.25) is 0 Å². The summed E-state index contributed by atoms with van der Waals surface area (Å²) in [5.41, 5.74) is 3.74. The Kier molecular flexibility index (Phi) is 3.22. The van der Waals surface area contributed by atoms with E-state index in [1.807, 2.05) is 48.5 Å². The summed E-state index contributed by atoms with van der Waals surface area (Å²) in [5, 5.41) is 0. The molecule has 2 nitrogen and oxygen atoms in total. The van der Waals surface area contributed by atoms with E-state index in [9.17, 15) is 0 Å². The molecule has 0 aliphatic carbocycles. The number of benzene rings is 2. The Labute approximate surface area is 121 Å². The molecule has 0 N–H and O–H groups in total. The molecule has 0 bridgehead atoms. The van der Waals surface area contributed by atoms with Gasteiger partial charge in [0.2, 0.25) is 5.89 Å². The van der Waals surface area contributed by atoms with Crippen LogP contribution >= 0.6 is 31.9 Å². The molecule has 2 aromatic carbocycles. The average Bonchev–Trinajstić information content (AvgIpc) is 2.83. The van der Waals surface area contributed by atoms with Gasteiger partial charge in [0.15, 0.2) is 5.58 Å². The first-order valence-electron chi connectivity index (χ1n) is 5.49. The summed E-state index contributed by atoms with van der Waals surface area (Å²) < 4.78 is 5.86. The Morgan fingerprint density at radius 1 is 0.944 bits per heavy atom. The largest absolute Gasteiger partial charge is 0.436 e. The lowest BCUT2D eigenvalue weighted by Crippen LogP contribution is -1.83. The highest BCUT2D eigenvalue weighted by Gasteiger charge is 2.14. The number of para-hydroxylation sites is 1. The van der Waals surface area contributed by atoms with Crippen LogP contribution < -0.4 is 0 Å². The fourth-order valence-corrected chi connectivity index (χ4v) is 2.59. The van der Waals surface area contributed by atoms with Crippen LogP contribution in [-0.4, -0.2) is 4.98 Å². The average molecular weight is 367 g/mol. The molecule has 1 heterocycles. The maximum absolute atomic E-state index is 5.79. The first-order chi connectivity index (χ1) is 8.75. The fourth-order valence-electron chi connectivity index (χ4n) is 1.85. The van der Waals surface area contributed by atoms with Gasteiger partial charge in [0, 0.05) is 11.1 Å². The molecule has 1 aromatic heterocycles. The Balaban J connectivity index is 2.20. The molecule has 0 aliphatic rings. The Hall–Kier alpha value is -1.13. The van der Waals surface area contributed by atoms with Gasteiger partial charge in [-0.2, -0.15) is 0 Å². The smallest absolute Gasteiger partial charge is 0.227 e. The maximum Gasteiger partial charge on any atom is 0.227 e. The SMILES string of the molecule is BrC(Br)c1cccc2oc(-c3ccccc3)nc12. The second-order valence-corrected chi connectivity index (χ2v) is 6.94. The number of halogens is 2. The van der Waals surface area contributed by atoms with Gasteiger partial charge in [-0.15, -0.1) is 0 Å². The summed E-state index contributed by atoms with van der Waals surface area (Å²) in [5.74, 6) is 0.652. The van der Waals surface area contributed by atoms with Gasteiger partial charge in [-0.1, -0.05) is 62.2 Å². The predicted octanol–water partition coefficient (Wildman–Crippen LogP) is 5.28. The quantitative estimate of drug-likeness (QED) is 0.576. The monoisotopic (exact) mass is 365 g/mol. The van der Waals surface area contributed by atoms with Crippen LogP contribution in [-0.2, 0) is 0 Å². The van der Waals surface area contributed by atoms with E-state index in [-0.39, 0.29) is 3.74 Å². The van der Waals surface area contributed by atoms with Crippen LogP contribution in [0.15, 0.2) is 52.9 Å². The zero-order chi connectivity index (χ0) is 12.5. The van der Waals surface area contributed by atoms with Gasteiger partial charge in [0.05, 0.1) is 3.74 Å². The van der Waals surface area contributed by atoms with E-state index in [0.29, 0.717) is 5.89 Å². The third kappa shape index (κ3) is 2.10. The van der Waals surface area contributed by atoms with E-state index in [2.05, 4.69) is 36.8 Å². The van der Waals surface area contributed by atoms with E-state index in [1.165, 1.54) is 0 Å². The molecule has 4 heteroatoms. The molecule has 0 radical (unpaired) electrons. The van der Waals surface area contributed by atoms with Crippen molar-refractivity contribution in [3.63, 3.8) is 0 Å². The highest BCUT2D eigenvalue weighted by atomic mass is 79.9. The molecule has 3 rings (SSSR count). The molecule has 0 amide bonds. The summed E-state index contributed by atoms with van der Waals surface area (Å²) in [6.07, 6.45) is 0. The second kappa shape index (κ2) is 4.86. The van der Waals surface area contributed by atoms with Crippen molar-refractivity contribution in [2.24, 2.45) is 0 Å². The number of aromatic nitrogens is 1. The molecule has 90 valence electrons. The van der Waals surface area contributed by atoms with E-state index < -0.39 is 0 Å². The lowest BCUT2D eigenvalue weighted by molar-refractivity contribution is 0.620. The summed E-state index contributed by atoms with van der Waals surface area (Å²) in [6, 6.07) is 15.8.